The van der Waals surface area contributed by atoms with Gasteiger partial charge in [0.25, 0.3) is 0 Å². The number of halogens is 2. The molecular formula is C86H112Cl2N10O29. The third-order valence-corrected chi connectivity index (χ3v) is 24.0. The van der Waals surface area contributed by atoms with Gasteiger partial charge < -0.3 is 153 Å². The van der Waals surface area contributed by atoms with Crippen molar-refractivity contribution in [2.45, 2.75) is 265 Å². The van der Waals surface area contributed by atoms with Gasteiger partial charge in [0.05, 0.1) is 53.5 Å². The molecule has 8 aliphatic rings. The number of carboxylic acids is 2. The van der Waals surface area contributed by atoms with E-state index in [9.17, 15) is 75.3 Å². The van der Waals surface area contributed by atoms with E-state index in [-0.39, 0.29) is 60.8 Å². The highest BCUT2D eigenvalue weighted by molar-refractivity contribution is 6.32. The molecule has 3 fully saturated rings. The lowest BCUT2D eigenvalue weighted by Crippen LogP contribution is -2.66. The summed E-state index contributed by atoms with van der Waals surface area (Å²) in [6, 6.07) is -0.771. The van der Waals surface area contributed by atoms with Gasteiger partial charge in [0.2, 0.25) is 53.4 Å². The number of primary amides is 1. The van der Waals surface area contributed by atoms with Gasteiger partial charge in [0.15, 0.2) is 42.3 Å². The Bertz CT molecular complexity index is 4840. The second-order valence-corrected chi connectivity index (χ2v) is 34.5. The van der Waals surface area contributed by atoms with Gasteiger partial charge in [-0.1, -0.05) is 107 Å². The van der Waals surface area contributed by atoms with Crippen LogP contribution in [-0.2, 0) is 71.6 Å². The lowest BCUT2D eigenvalue weighted by molar-refractivity contribution is -0.334. The summed E-state index contributed by atoms with van der Waals surface area (Å²) in [4.78, 5) is 134. The molecule has 7 amide bonds. The van der Waals surface area contributed by atoms with Crippen molar-refractivity contribution in [2.24, 2.45) is 17.4 Å². The number of phenolic OH excluding ortho intramolecular Hbond substituents is 3. The molecule has 0 spiro atoms. The fraction of sp³-hybridized carbons (Fsp3) is 0.547. The van der Waals surface area contributed by atoms with E-state index in [1.54, 1.807) is 6.92 Å². The maximum absolute atomic E-state index is 16.6. The number of fused-ring (bicyclic) bond motifs is 15. The van der Waals surface area contributed by atoms with E-state index in [2.05, 4.69) is 49.5 Å². The van der Waals surface area contributed by atoms with Gasteiger partial charge in [-0.25, -0.2) is 9.59 Å². The molecule has 8 aliphatic heterocycles. The second-order valence-electron chi connectivity index (χ2n) is 33.7. The fourth-order valence-corrected chi connectivity index (χ4v) is 16.9. The van der Waals surface area contributed by atoms with E-state index in [0.717, 1.165) is 99.5 Å². The third-order valence-electron chi connectivity index (χ3n) is 23.4. The number of ether oxygens (including phenoxy) is 9. The fourth-order valence-electron chi connectivity index (χ4n) is 16.4. The molecule has 23 N–H and O–H groups in total. The number of aliphatic carboxylic acids is 2. The first kappa shape index (κ1) is 97.7. The molecular weight excluding hydrogens is 1710 g/mol. The minimum atomic E-state index is -2.42. The number of aliphatic hydroxyl groups is 6. The summed E-state index contributed by atoms with van der Waals surface area (Å²) in [5, 5.41) is 147. The number of hydrogen-bond donors (Lipinski definition) is 21. The van der Waals surface area contributed by atoms with Crippen LogP contribution < -0.4 is 68.2 Å². The van der Waals surface area contributed by atoms with Crippen molar-refractivity contribution in [1.82, 2.24) is 42.5 Å². The summed E-state index contributed by atoms with van der Waals surface area (Å²) in [6.07, 6.45) is -17.6. The van der Waals surface area contributed by atoms with Gasteiger partial charge in [-0.2, -0.15) is 0 Å². The normalized spacial score (nSPS) is 29.7. The molecule has 23 atom stereocenters. The Morgan fingerprint density at radius 1 is 0.654 bits per heavy atom. The molecule has 0 aromatic heterocycles. The van der Waals surface area contributed by atoms with Crippen LogP contribution in [-0.4, -0.2) is 245 Å². The number of phenols is 3. The summed E-state index contributed by atoms with van der Waals surface area (Å²) >= 11 is 14.6. The Hall–Kier alpha value is -9.89. The molecule has 5 aromatic carbocycles. The van der Waals surface area contributed by atoms with Crippen molar-refractivity contribution < 1.29 is 142 Å². The number of amides is 7. The van der Waals surface area contributed by atoms with Gasteiger partial charge >= 0.3 is 11.9 Å². The summed E-state index contributed by atoms with van der Waals surface area (Å²) in [7, 11) is 1.47. The monoisotopic (exact) mass is 1820 g/mol. The largest absolute Gasteiger partial charge is 0.508 e. The van der Waals surface area contributed by atoms with Crippen LogP contribution in [0.25, 0.3) is 11.1 Å². The predicted molar refractivity (Wildman–Crippen MR) is 450 cm³/mol. The van der Waals surface area contributed by atoms with Crippen LogP contribution in [0.4, 0.5) is 0 Å². The first-order valence-corrected chi connectivity index (χ1v) is 42.7. The zero-order valence-electron chi connectivity index (χ0n) is 71.0. The molecule has 0 radical (unpaired) electrons. The standard InChI is InChI=1S/C86H112Cl2N10O29/c1-9-10-11-12-13-14-15-16-23-119-57(82(115)116)35-92-86(7)34-61(121-39(5)75(86)108)126-73-70(106)69(105)58(36-99)124-84(73)127-72-55-28-43-29-56(72)123-54-22-19-42(27-48(54)88)71(125-60-33-85(6,90)74(107)38(4)120-60)67-81(114)96-65(83(117)118)46-30-44(100)31-52(102)62(46)45-25-40(17-20-51(45)101)63(78(111)98-67)95-79(112)64(43)94-77(110)50(32-59(89)103)93-80(113)66(97-76(109)49(91-8)24-37(2)3)68(104)41-18-21-53(122-55)47(87)26-41/h17-22,25-31,37-39,49-50,57-58,60-61,63-71,73-75,84,91-92,99-102,104-108H,9-16,23-24,32-36,90H2,1-8H3,(H2,89,103)(H,93,113)(H,94,110)(H,95,112)(H,96,114)(H,97,109)(H,98,111)(H,115,116)(H,117,118)/t38?,39?,49-,50?,57?,58?,60?,61?,63?,64?,65?,66+,67+,68?,69?,70?,71-,73?,74?,75?,84?,85?,86?/m1/s1. The first-order chi connectivity index (χ1) is 60.1. The SMILES string of the molecule is CCCCCCCCCCOC(CNC1(C)CC(OC2C(Oc3c4cc5cc3Oc3ccc(cc3Cl)[C@@H](OC3CC(C)(N)C(O)C(C)O3)[C@@H]3NC(=O)C(NC(=O)C5NC(=O)C(CC(N)=O)NC(=O)[C@@H](NC(=O)[C@@H](CC(C)C)NC)C(O)c5ccc(c(Cl)c5)O4)c4ccc(O)c(c4)-c4c(O)cc(O)cc4C(C(=O)O)NC3=O)OC(CO)C(O)C2O)OC(C)C1O)C(=O)O. The molecule has 13 rings (SSSR count). The molecule has 8 heterocycles. The van der Waals surface area contributed by atoms with E-state index in [4.69, 9.17) is 77.3 Å². The molecule has 3 saturated heterocycles. The molecule has 19 unspecified atom stereocenters. The number of nitrogens with one attached hydrogen (secondary N) is 8. The maximum atomic E-state index is 16.6. The lowest BCUT2D eigenvalue weighted by atomic mass is 9.84. The minimum absolute atomic E-state index is 0.116. The van der Waals surface area contributed by atoms with Gasteiger partial charge in [-0.05, 0) is 130 Å². The van der Waals surface area contributed by atoms with E-state index in [0.29, 0.717) is 6.42 Å². The number of hydrogen-bond acceptors (Lipinski definition) is 30. The molecule has 39 nitrogen and oxygen atoms in total. The highest BCUT2D eigenvalue weighted by Gasteiger charge is 2.53. The van der Waals surface area contributed by atoms with Gasteiger partial charge in [0, 0.05) is 59.8 Å². The molecule has 694 valence electrons. The number of benzene rings is 5. The Morgan fingerprint density at radius 3 is 1.86 bits per heavy atom. The number of rotatable bonds is 29. The van der Waals surface area contributed by atoms with Crippen molar-refractivity contribution >= 4 is 76.5 Å². The van der Waals surface area contributed by atoms with Crippen molar-refractivity contribution in [3.8, 4) is 57.1 Å². The van der Waals surface area contributed by atoms with Crippen molar-refractivity contribution in [2.75, 3.05) is 26.8 Å². The number of aliphatic hydroxyl groups excluding tert-OH is 6. The second kappa shape index (κ2) is 42.1. The quantitative estimate of drug-likeness (QED) is 0.0304. The predicted octanol–water partition coefficient (Wildman–Crippen LogP) is 3.59. The average molecular weight is 1820 g/mol. The maximum Gasteiger partial charge on any atom is 0.334 e. The van der Waals surface area contributed by atoms with Crippen LogP contribution in [0.2, 0.25) is 10.0 Å². The van der Waals surface area contributed by atoms with Gasteiger partial charge in [-0.3, -0.25) is 33.6 Å². The van der Waals surface area contributed by atoms with E-state index < -0.39 is 278 Å². The smallest absolute Gasteiger partial charge is 0.334 e. The Balaban J connectivity index is 1.12. The molecule has 41 heteroatoms. The van der Waals surface area contributed by atoms with Crippen molar-refractivity contribution in [1.29, 1.82) is 0 Å². The van der Waals surface area contributed by atoms with E-state index in [1.165, 1.54) is 52.1 Å². The van der Waals surface area contributed by atoms with Crippen LogP contribution in [0.3, 0.4) is 0 Å². The Morgan fingerprint density at radius 2 is 1.25 bits per heavy atom. The van der Waals surface area contributed by atoms with Crippen LogP contribution in [0, 0.1) is 5.92 Å². The minimum Gasteiger partial charge on any atom is -0.508 e. The lowest BCUT2D eigenvalue weighted by Gasteiger charge is -2.48. The molecule has 0 saturated carbocycles. The topological polar surface area (TPSA) is 608 Å². The van der Waals surface area contributed by atoms with Crippen molar-refractivity contribution in [3.05, 3.63) is 117 Å². The average Bonchev–Trinajstić information content (AvgIpc) is 0.770. The van der Waals surface area contributed by atoms with E-state index >= 15 is 24.0 Å². The molecule has 0 aliphatic carbocycles. The zero-order chi connectivity index (χ0) is 92.5. The van der Waals surface area contributed by atoms with Crippen LogP contribution in [0.15, 0.2) is 78.9 Å². The van der Waals surface area contributed by atoms with Gasteiger partial charge in [0.1, 0.15) is 89.5 Å². The summed E-state index contributed by atoms with van der Waals surface area (Å²) in [5.74, 6) is -17.8. The first-order valence-electron chi connectivity index (χ1n) is 42.0. The molecule has 11 bridgehead atoms. The van der Waals surface area contributed by atoms with E-state index in [1.807, 2.05) is 13.8 Å². The highest BCUT2D eigenvalue weighted by Crippen LogP contribution is 2.51. The van der Waals surface area contributed by atoms with Crippen LogP contribution in [0.1, 0.15) is 184 Å². The van der Waals surface area contributed by atoms with Gasteiger partial charge in [-0.15, -0.1) is 0 Å². The van der Waals surface area contributed by atoms with Crippen LogP contribution >= 0.6 is 23.2 Å². The number of carbonyl (C=O) groups excluding carboxylic acids is 7. The molecule has 127 heavy (non-hydrogen) atoms. The number of unbranched alkanes of at least 4 members (excludes halogenated alkanes) is 7. The number of nitrogens with two attached hydrogens (primary N) is 2. The molecule has 5 aromatic rings. The summed E-state index contributed by atoms with van der Waals surface area (Å²) in [6.45, 7) is 10.5. The number of aromatic hydroxyl groups is 3. The van der Waals surface area contributed by atoms with Crippen molar-refractivity contribution in [3.63, 3.8) is 0 Å². The van der Waals surface area contributed by atoms with Crippen LogP contribution in [0.5, 0.6) is 46.0 Å². The zero-order valence-corrected chi connectivity index (χ0v) is 72.5. The Kier molecular flexibility index (Phi) is 32.4. The number of carboxylic acid groups (broad SMARTS) is 2. The third kappa shape index (κ3) is 23.0. The summed E-state index contributed by atoms with van der Waals surface area (Å²) < 4.78 is 58.5. The Labute approximate surface area is 740 Å². The highest BCUT2D eigenvalue weighted by atomic mass is 35.5. The summed E-state index contributed by atoms with van der Waals surface area (Å²) in [5.41, 5.74) is 6.60. The number of likely N-dealkylation sites (N-methyl/N-ethyl adjacent to an activating group) is 1. The number of carbonyl (C=O) groups is 9.